The lowest BCUT2D eigenvalue weighted by molar-refractivity contribution is -0.136. The van der Waals surface area contributed by atoms with Crippen molar-refractivity contribution >= 4 is 34.2 Å². The summed E-state index contributed by atoms with van der Waals surface area (Å²) in [4.78, 5) is 34.9. The van der Waals surface area contributed by atoms with E-state index in [9.17, 15) is 18.0 Å². The number of carbonyl (C=O) groups excluding carboxylic acids is 1. The van der Waals surface area contributed by atoms with Crippen LogP contribution in [0.1, 0.15) is 47.7 Å². The first-order chi connectivity index (χ1) is 17.1. The number of fused-ring (bicyclic) bond motifs is 1. The van der Waals surface area contributed by atoms with Crippen molar-refractivity contribution in [2.45, 2.75) is 38.0 Å². The van der Waals surface area contributed by atoms with Gasteiger partial charge >= 0.3 is 6.18 Å². The zero-order chi connectivity index (χ0) is 25.6. The van der Waals surface area contributed by atoms with E-state index in [-0.39, 0.29) is 39.4 Å². The minimum Gasteiger partial charge on any atom is -0.360 e. The van der Waals surface area contributed by atoms with Gasteiger partial charge in [-0.15, -0.1) is 0 Å². The topological polar surface area (TPSA) is 115 Å². The second kappa shape index (κ2) is 8.97. The Labute approximate surface area is 207 Å². The average molecular weight is 518 g/mol. The molecule has 0 aliphatic heterocycles. The van der Waals surface area contributed by atoms with Gasteiger partial charge in [-0.25, -0.2) is 24.9 Å². The van der Waals surface area contributed by atoms with E-state index in [0.717, 1.165) is 25.2 Å². The lowest BCUT2D eigenvalue weighted by Gasteiger charge is -2.18. The number of hydrogen-bond acceptors (Lipinski definition) is 8. The molecular formula is C22H19ClF3N9O. The van der Waals surface area contributed by atoms with Crippen LogP contribution in [0.4, 0.5) is 19.0 Å². The first kappa shape index (κ1) is 23.9. The van der Waals surface area contributed by atoms with Crippen molar-refractivity contribution in [3.05, 3.63) is 59.3 Å². The number of hydrogen-bond donors (Lipinski definition) is 1. The van der Waals surface area contributed by atoms with Crippen molar-refractivity contribution in [3.8, 4) is 5.82 Å². The van der Waals surface area contributed by atoms with Crippen LogP contribution >= 0.6 is 11.6 Å². The van der Waals surface area contributed by atoms with Gasteiger partial charge in [0.15, 0.2) is 11.6 Å². The minimum absolute atomic E-state index is 0.0992. The molecule has 36 heavy (non-hydrogen) atoms. The molecule has 0 bridgehead atoms. The van der Waals surface area contributed by atoms with Crippen molar-refractivity contribution < 1.29 is 18.0 Å². The largest absolute Gasteiger partial charge is 0.418 e. The van der Waals surface area contributed by atoms with Crippen LogP contribution in [0.2, 0.25) is 5.02 Å². The summed E-state index contributed by atoms with van der Waals surface area (Å²) in [7, 11) is 1.73. The summed E-state index contributed by atoms with van der Waals surface area (Å²) >= 11 is 5.97. The van der Waals surface area contributed by atoms with Gasteiger partial charge < -0.3 is 10.2 Å². The summed E-state index contributed by atoms with van der Waals surface area (Å²) in [6.07, 6.45) is 0.907. The fraction of sp³-hybridized carbons (Fsp3) is 0.318. The quantitative estimate of drug-likeness (QED) is 0.407. The molecule has 1 aliphatic carbocycles. The molecule has 1 aliphatic rings. The number of aromatic nitrogens is 7. The Kier molecular flexibility index (Phi) is 5.94. The molecule has 5 rings (SSSR count). The highest BCUT2D eigenvalue weighted by atomic mass is 35.5. The number of nitrogens with zero attached hydrogens (tertiary/aromatic N) is 8. The number of anilines is 1. The SMILES string of the molecule is C[C@H](Nc1ncnc2c(C(F)(F)F)cc(Cl)cc12)c1ncnn1-c1cc(C(=O)N(C)C2CC2)ncn1. The molecule has 1 amide bonds. The maximum Gasteiger partial charge on any atom is 0.418 e. The number of benzene rings is 1. The van der Waals surface area contributed by atoms with Crippen molar-refractivity contribution in [1.82, 2.24) is 39.6 Å². The lowest BCUT2D eigenvalue weighted by atomic mass is 10.1. The zero-order valence-corrected chi connectivity index (χ0v) is 19.8. The summed E-state index contributed by atoms with van der Waals surface area (Å²) in [5, 5.41) is 7.28. The Morgan fingerprint density at radius 2 is 1.86 bits per heavy atom. The number of nitrogens with one attached hydrogen (secondary N) is 1. The summed E-state index contributed by atoms with van der Waals surface area (Å²) in [5.74, 6) is 0.611. The van der Waals surface area contributed by atoms with E-state index in [4.69, 9.17) is 11.6 Å². The van der Waals surface area contributed by atoms with E-state index in [1.54, 1.807) is 18.9 Å². The van der Waals surface area contributed by atoms with Gasteiger partial charge in [-0.3, -0.25) is 4.79 Å². The van der Waals surface area contributed by atoms with Gasteiger partial charge in [-0.1, -0.05) is 11.6 Å². The molecule has 0 spiro atoms. The normalized spacial score (nSPS) is 14.6. The second-order valence-corrected chi connectivity index (χ2v) is 8.81. The highest BCUT2D eigenvalue weighted by Gasteiger charge is 2.34. The molecule has 10 nitrogen and oxygen atoms in total. The number of amides is 1. The van der Waals surface area contributed by atoms with Gasteiger partial charge in [-0.05, 0) is 31.9 Å². The van der Waals surface area contributed by atoms with E-state index in [1.165, 1.54) is 29.5 Å². The van der Waals surface area contributed by atoms with Gasteiger partial charge in [0.05, 0.1) is 17.1 Å². The molecule has 1 saturated carbocycles. The Balaban J connectivity index is 1.46. The predicted molar refractivity (Wildman–Crippen MR) is 124 cm³/mol. The molecule has 1 aromatic carbocycles. The van der Waals surface area contributed by atoms with Crippen molar-refractivity contribution in [1.29, 1.82) is 0 Å². The Morgan fingerprint density at radius 1 is 1.11 bits per heavy atom. The predicted octanol–water partition coefficient (Wildman–Crippen LogP) is 4.08. The van der Waals surface area contributed by atoms with Crippen LogP contribution in [0.3, 0.4) is 0 Å². The Bertz CT molecular complexity index is 1450. The van der Waals surface area contributed by atoms with E-state index in [1.807, 2.05) is 0 Å². The zero-order valence-electron chi connectivity index (χ0n) is 19.0. The summed E-state index contributed by atoms with van der Waals surface area (Å²) in [6, 6.07) is 3.35. The van der Waals surface area contributed by atoms with Crippen LogP contribution in [0.15, 0.2) is 37.2 Å². The molecular weight excluding hydrogens is 499 g/mol. The second-order valence-electron chi connectivity index (χ2n) is 8.37. The Hall–Kier alpha value is -3.87. The maximum atomic E-state index is 13.5. The molecule has 1 N–H and O–H groups in total. The van der Waals surface area contributed by atoms with Crippen LogP contribution in [0.5, 0.6) is 0 Å². The average Bonchev–Trinajstić information content (AvgIpc) is 3.58. The summed E-state index contributed by atoms with van der Waals surface area (Å²) in [6.45, 7) is 1.73. The molecule has 1 fully saturated rings. The molecule has 1 atom stereocenters. The lowest BCUT2D eigenvalue weighted by Crippen LogP contribution is -2.29. The number of halogens is 4. The van der Waals surface area contributed by atoms with Crippen LogP contribution in [-0.2, 0) is 6.18 Å². The molecule has 4 aromatic rings. The molecule has 0 unspecified atom stereocenters. The van der Waals surface area contributed by atoms with Gasteiger partial charge in [0, 0.05) is 29.6 Å². The van der Waals surface area contributed by atoms with Crippen LogP contribution in [-0.4, -0.2) is 58.6 Å². The smallest absolute Gasteiger partial charge is 0.360 e. The van der Waals surface area contributed by atoms with Crippen molar-refractivity contribution in [2.24, 2.45) is 0 Å². The molecule has 0 radical (unpaired) electrons. The minimum atomic E-state index is -4.64. The highest BCUT2D eigenvalue weighted by molar-refractivity contribution is 6.31. The molecule has 14 heteroatoms. The highest BCUT2D eigenvalue weighted by Crippen LogP contribution is 2.38. The third-order valence-corrected chi connectivity index (χ3v) is 6.05. The molecule has 0 saturated heterocycles. The number of alkyl halides is 3. The standard InChI is InChI=1S/C22H19ClF3N9O/c1-11(33-19-14-5-12(23)6-15(22(24,25)26)18(14)29-9-30-19)20-31-10-32-35(20)17-7-16(27-8-28-17)21(36)34(2)13-3-4-13/h5-11,13H,3-4H2,1-2H3,(H,29,30,33)/t11-/m0/s1. The summed E-state index contributed by atoms with van der Waals surface area (Å²) in [5.41, 5.74) is -1.02. The van der Waals surface area contributed by atoms with Crippen molar-refractivity contribution in [2.75, 3.05) is 12.4 Å². The fourth-order valence-corrected chi connectivity index (χ4v) is 4.06. The fourth-order valence-electron chi connectivity index (χ4n) is 3.84. The first-order valence-electron chi connectivity index (χ1n) is 10.9. The van der Waals surface area contributed by atoms with Gasteiger partial charge in [0.2, 0.25) is 0 Å². The monoisotopic (exact) mass is 517 g/mol. The Morgan fingerprint density at radius 3 is 2.58 bits per heavy atom. The van der Waals surface area contributed by atoms with E-state index in [2.05, 4.69) is 35.3 Å². The third-order valence-electron chi connectivity index (χ3n) is 5.83. The number of rotatable bonds is 6. The summed E-state index contributed by atoms with van der Waals surface area (Å²) < 4.78 is 42.0. The van der Waals surface area contributed by atoms with Gasteiger partial charge in [0.1, 0.15) is 30.5 Å². The van der Waals surface area contributed by atoms with Crippen LogP contribution < -0.4 is 5.32 Å². The van der Waals surface area contributed by atoms with E-state index >= 15 is 0 Å². The maximum absolute atomic E-state index is 13.5. The first-order valence-corrected chi connectivity index (χ1v) is 11.3. The molecule has 186 valence electrons. The molecule has 3 heterocycles. The van der Waals surface area contributed by atoms with E-state index in [0.29, 0.717) is 11.6 Å². The van der Waals surface area contributed by atoms with Gasteiger partial charge in [-0.2, -0.15) is 23.0 Å². The molecule has 3 aromatic heterocycles. The third kappa shape index (κ3) is 4.53. The van der Waals surface area contributed by atoms with E-state index < -0.39 is 17.8 Å². The van der Waals surface area contributed by atoms with Crippen LogP contribution in [0.25, 0.3) is 16.7 Å². The van der Waals surface area contributed by atoms with Crippen molar-refractivity contribution in [3.63, 3.8) is 0 Å². The van der Waals surface area contributed by atoms with Gasteiger partial charge in [0.25, 0.3) is 5.91 Å². The van der Waals surface area contributed by atoms with Crippen LogP contribution in [0, 0.1) is 0 Å². The number of carbonyl (C=O) groups is 1.